The van der Waals surface area contributed by atoms with Crippen molar-refractivity contribution in [1.29, 1.82) is 0 Å². The van der Waals surface area contributed by atoms with E-state index in [0.29, 0.717) is 12.5 Å². The van der Waals surface area contributed by atoms with Crippen molar-refractivity contribution in [2.45, 2.75) is 20.0 Å². The Kier molecular flexibility index (Phi) is 6.11. The van der Waals surface area contributed by atoms with E-state index in [1.165, 1.54) is 0 Å². The van der Waals surface area contributed by atoms with Crippen molar-refractivity contribution in [3.8, 4) is 0 Å². The molecule has 1 rings (SSSR count). The SMILES string of the molecule is CC(C)COCC(O)CNc1ccc(F)c(F)c1F. The van der Waals surface area contributed by atoms with E-state index in [0.717, 1.165) is 12.1 Å². The van der Waals surface area contributed by atoms with Crippen molar-refractivity contribution >= 4 is 5.69 Å². The molecule has 0 bridgehead atoms. The molecule has 1 aromatic rings. The van der Waals surface area contributed by atoms with Crippen LogP contribution in [-0.2, 0) is 4.74 Å². The van der Waals surface area contributed by atoms with Crippen LogP contribution in [0, 0.1) is 23.4 Å². The third-order valence-electron chi connectivity index (χ3n) is 2.32. The first-order valence-corrected chi connectivity index (χ1v) is 6.05. The predicted molar refractivity (Wildman–Crippen MR) is 66.5 cm³/mol. The summed E-state index contributed by atoms with van der Waals surface area (Å²) in [6, 6.07) is 1.90. The molecule has 0 aromatic heterocycles. The number of benzene rings is 1. The molecule has 108 valence electrons. The third-order valence-corrected chi connectivity index (χ3v) is 2.32. The van der Waals surface area contributed by atoms with Gasteiger partial charge < -0.3 is 15.2 Å². The van der Waals surface area contributed by atoms with Crippen LogP contribution in [-0.4, -0.2) is 31.0 Å². The molecule has 0 fully saturated rings. The molecule has 2 N–H and O–H groups in total. The van der Waals surface area contributed by atoms with Crippen molar-refractivity contribution < 1.29 is 23.0 Å². The molecule has 0 saturated carbocycles. The molecule has 1 aromatic carbocycles. The van der Waals surface area contributed by atoms with Crippen LogP contribution in [0.4, 0.5) is 18.9 Å². The van der Waals surface area contributed by atoms with Gasteiger partial charge in [-0.2, -0.15) is 0 Å². The van der Waals surface area contributed by atoms with Crippen LogP contribution in [0.5, 0.6) is 0 Å². The van der Waals surface area contributed by atoms with E-state index in [9.17, 15) is 18.3 Å². The standard InChI is InChI=1S/C13H18F3NO2/c1-8(2)6-19-7-9(18)5-17-11-4-3-10(14)12(15)13(11)16/h3-4,8-9,17-18H,5-7H2,1-2H3. The first-order valence-electron chi connectivity index (χ1n) is 6.05. The lowest BCUT2D eigenvalue weighted by atomic mass is 10.2. The smallest absolute Gasteiger partial charge is 0.196 e. The lowest BCUT2D eigenvalue weighted by Gasteiger charge is -2.14. The Balaban J connectivity index is 2.42. The van der Waals surface area contributed by atoms with E-state index in [1.54, 1.807) is 0 Å². The number of nitrogens with one attached hydrogen (secondary N) is 1. The van der Waals surface area contributed by atoms with E-state index >= 15 is 0 Å². The lowest BCUT2D eigenvalue weighted by molar-refractivity contribution is 0.0317. The van der Waals surface area contributed by atoms with Gasteiger partial charge in [-0.1, -0.05) is 13.8 Å². The van der Waals surface area contributed by atoms with Crippen LogP contribution < -0.4 is 5.32 Å². The number of ether oxygens (including phenoxy) is 1. The molecule has 1 atom stereocenters. The van der Waals surface area contributed by atoms with Crippen LogP contribution in [0.2, 0.25) is 0 Å². The predicted octanol–water partition coefficient (Wildman–Crippen LogP) is 2.55. The Labute approximate surface area is 110 Å². The highest BCUT2D eigenvalue weighted by Crippen LogP contribution is 2.19. The zero-order chi connectivity index (χ0) is 14.4. The second kappa shape index (κ2) is 7.35. The van der Waals surface area contributed by atoms with Crippen molar-refractivity contribution in [3.63, 3.8) is 0 Å². The highest BCUT2D eigenvalue weighted by molar-refractivity contribution is 5.45. The van der Waals surface area contributed by atoms with Gasteiger partial charge in [0, 0.05) is 13.2 Å². The summed E-state index contributed by atoms with van der Waals surface area (Å²) in [5, 5.41) is 12.1. The van der Waals surface area contributed by atoms with Crippen LogP contribution in [0.15, 0.2) is 12.1 Å². The maximum absolute atomic E-state index is 13.3. The Morgan fingerprint density at radius 2 is 1.84 bits per heavy atom. The number of rotatable bonds is 7. The minimum absolute atomic E-state index is 0.0138. The van der Waals surface area contributed by atoms with E-state index in [1.807, 2.05) is 13.8 Å². The number of aliphatic hydroxyl groups is 1. The highest BCUT2D eigenvalue weighted by atomic mass is 19.2. The van der Waals surface area contributed by atoms with Crippen molar-refractivity contribution in [3.05, 3.63) is 29.6 Å². The number of hydrogen-bond donors (Lipinski definition) is 2. The molecule has 0 aliphatic rings. The van der Waals surface area contributed by atoms with Gasteiger partial charge in [-0.15, -0.1) is 0 Å². The second-order valence-corrected chi connectivity index (χ2v) is 4.69. The molecule has 0 aliphatic heterocycles. The monoisotopic (exact) mass is 277 g/mol. The number of hydrogen-bond acceptors (Lipinski definition) is 3. The quantitative estimate of drug-likeness (QED) is 0.753. The summed E-state index contributed by atoms with van der Waals surface area (Å²) >= 11 is 0. The fourth-order valence-corrected chi connectivity index (χ4v) is 1.39. The molecule has 0 amide bonds. The Morgan fingerprint density at radius 3 is 2.47 bits per heavy atom. The van der Waals surface area contributed by atoms with E-state index < -0.39 is 23.6 Å². The molecule has 0 spiro atoms. The zero-order valence-electron chi connectivity index (χ0n) is 10.9. The lowest BCUT2D eigenvalue weighted by Crippen LogP contribution is -2.26. The number of halogens is 3. The fraction of sp³-hybridized carbons (Fsp3) is 0.538. The van der Waals surface area contributed by atoms with Gasteiger partial charge >= 0.3 is 0 Å². The molecule has 0 aliphatic carbocycles. The van der Waals surface area contributed by atoms with Gasteiger partial charge in [-0.3, -0.25) is 0 Å². The van der Waals surface area contributed by atoms with Crippen LogP contribution >= 0.6 is 0 Å². The Hall–Kier alpha value is -1.27. The summed E-state index contributed by atoms with van der Waals surface area (Å²) in [5.74, 6) is -3.72. The molecular weight excluding hydrogens is 259 g/mol. The fourth-order valence-electron chi connectivity index (χ4n) is 1.39. The van der Waals surface area contributed by atoms with Crippen molar-refractivity contribution in [1.82, 2.24) is 0 Å². The minimum Gasteiger partial charge on any atom is -0.389 e. The molecular formula is C13H18F3NO2. The van der Waals surface area contributed by atoms with E-state index in [-0.39, 0.29) is 18.8 Å². The van der Waals surface area contributed by atoms with E-state index in [2.05, 4.69) is 5.32 Å². The molecule has 0 heterocycles. The topological polar surface area (TPSA) is 41.5 Å². The molecule has 0 saturated heterocycles. The van der Waals surface area contributed by atoms with Gasteiger partial charge in [-0.25, -0.2) is 13.2 Å². The van der Waals surface area contributed by atoms with Gasteiger partial charge in [0.05, 0.1) is 18.4 Å². The largest absolute Gasteiger partial charge is 0.389 e. The van der Waals surface area contributed by atoms with Crippen LogP contribution in [0.1, 0.15) is 13.8 Å². The van der Waals surface area contributed by atoms with Gasteiger partial charge in [0.2, 0.25) is 0 Å². The van der Waals surface area contributed by atoms with Gasteiger partial charge in [0.25, 0.3) is 0 Å². The Morgan fingerprint density at radius 1 is 1.16 bits per heavy atom. The average molecular weight is 277 g/mol. The van der Waals surface area contributed by atoms with Crippen LogP contribution in [0.25, 0.3) is 0 Å². The zero-order valence-corrected chi connectivity index (χ0v) is 10.9. The van der Waals surface area contributed by atoms with Crippen molar-refractivity contribution in [2.75, 3.05) is 25.1 Å². The Bertz CT molecular complexity index is 413. The molecule has 19 heavy (non-hydrogen) atoms. The maximum Gasteiger partial charge on any atom is 0.196 e. The second-order valence-electron chi connectivity index (χ2n) is 4.69. The molecule has 0 radical (unpaired) electrons. The summed E-state index contributed by atoms with van der Waals surface area (Å²) in [6.07, 6.45) is -0.855. The average Bonchev–Trinajstić information content (AvgIpc) is 2.35. The van der Waals surface area contributed by atoms with Gasteiger partial charge in [-0.05, 0) is 18.1 Å². The first-order chi connectivity index (χ1) is 8.91. The summed E-state index contributed by atoms with van der Waals surface area (Å²) in [4.78, 5) is 0. The first kappa shape index (κ1) is 15.8. The minimum atomic E-state index is -1.53. The maximum atomic E-state index is 13.3. The molecule has 3 nitrogen and oxygen atoms in total. The highest BCUT2D eigenvalue weighted by Gasteiger charge is 2.14. The molecule has 6 heteroatoms. The number of anilines is 1. The normalized spacial score (nSPS) is 12.8. The summed E-state index contributed by atoms with van der Waals surface area (Å²) < 4.78 is 44.1. The summed E-state index contributed by atoms with van der Waals surface area (Å²) in [6.45, 7) is 4.54. The summed E-state index contributed by atoms with van der Waals surface area (Å²) in [7, 11) is 0. The van der Waals surface area contributed by atoms with Crippen molar-refractivity contribution in [2.24, 2.45) is 5.92 Å². The summed E-state index contributed by atoms with van der Waals surface area (Å²) in [5.41, 5.74) is -0.193. The van der Waals surface area contributed by atoms with Gasteiger partial charge in [0.1, 0.15) is 0 Å². The third kappa shape index (κ3) is 5.08. The number of aliphatic hydroxyl groups excluding tert-OH is 1. The van der Waals surface area contributed by atoms with Gasteiger partial charge in [0.15, 0.2) is 17.5 Å². The van der Waals surface area contributed by atoms with Crippen LogP contribution in [0.3, 0.4) is 0 Å². The van der Waals surface area contributed by atoms with E-state index in [4.69, 9.17) is 4.74 Å². The molecule has 1 unspecified atom stereocenters.